The number of carbonyl (C=O) groups is 1. The normalized spacial score (nSPS) is 13.1. The Morgan fingerprint density at radius 3 is 2.44 bits per heavy atom. The highest BCUT2D eigenvalue weighted by Gasteiger charge is 2.21. The van der Waals surface area contributed by atoms with Crippen molar-refractivity contribution in [3.63, 3.8) is 0 Å². The molecule has 2 heterocycles. The first kappa shape index (κ1) is 28.0. The number of carbonyl (C=O) groups excluding carboxylic acids is 1. The number of aromatic nitrogens is 2. The van der Waals surface area contributed by atoms with Gasteiger partial charge in [0.25, 0.3) is 11.5 Å². The van der Waals surface area contributed by atoms with Gasteiger partial charge < -0.3 is 25.1 Å². The first-order valence-corrected chi connectivity index (χ1v) is 13.2. The lowest BCUT2D eigenvalue weighted by Crippen LogP contribution is -2.45. The summed E-state index contributed by atoms with van der Waals surface area (Å²) in [7, 11) is 2.83. The number of hydrogen-bond acceptors (Lipinski definition) is 6. The molecule has 9 nitrogen and oxygen atoms in total. The quantitative estimate of drug-likeness (QED) is 0.302. The molecule has 3 N–H and O–H groups in total. The third-order valence-electron chi connectivity index (χ3n) is 7.52. The summed E-state index contributed by atoms with van der Waals surface area (Å²) >= 11 is 0. The van der Waals surface area contributed by atoms with Crippen molar-refractivity contribution >= 4 is 11.6 Å². The molecule has 1 saturated heterocycles. The van der Waals surface area contributed by atoms with Gasteiger partial charge in [0.1, 0.15) is 17.1 Å². The van der Waals surface area contributed by atoms with Crippen molar-refractivity contribution in [2.45, 2.75) is 26.4 Å². The standard InChI is InChI=1S/C31H31FN4O5/c1-17-21(19-11-26(32)24(28(12-19)40-4)13-33-20-15-41-16-20)7-5-8-22(17)23-9-6-10-27(18(23)2)35-29(37)25-14-34-31(39)36(3)30(25)38/h5-12,14,20,33H,13,15-16H2,1-4H3,(H,34,39)(H,35,37). The average molecular weight is 559 g/mol. The minimum absolute atomic E-state index is 0.175. The van der Waals surface area contributed by atoms with Gasteiger partial charge in [-0.15, -0.1) is 0 Å². The highest BCUT2D eigenvalue weighted by Crippen LogP contribution is 2.37. The zero-order chi connectivity index (χ0) is 29.3. The molecule has 5 rings (SSSR count). The number of nitrogens with one attached hydrogen (secondary N) is 3. The lowest BCUT2D eigenvalue weighted by Gasteiger charge is -2.27. The Morgan fingerprint density at radius 1 is 1.07 bits per heavy atom. The fourth-order valence-corrected chi connectivity index (χ4v) is 4.94. The van der Waals surface area contributed by atoms with Gasteiger partial charge >= 0.3 is 5.69 Å². The van der Waals surface area contributed by atoms with Crippen LogP contribution in [0.25, 0.3) is 22.3 Å². The van der Waals surface area contributed by atoms with E-state index in [1.54, 1.807) is 6.07 Å². The summed E-state index contributed by atoms with van der Waals surface area (Å²) in [6.07, 6.45) is 1.11. The Kier molecular flexibility index (Phi) is 7.87. The molecular formula is C31H31FN4O5. The number of aromatic amines is 1. The highest BCUT2D eigenvalue weighted by atomic mass is 19.1. The first-order chi connectivity index (χ1) is 19.7. The van der Waals surface area contributed by atoms with Crippen LogP contribution >= 0.6 is 0 Å². The summed E-state index contributed by atoms with van der Waals surface area (Å²) in [6, 6.07) is 14.9. The number of nitrogens with zero attached hydrogens (tertiary/aromatic N) is 1. The Bertz CT molecular complexity index is 1760. The predicted octanol–water partition coefficient (Wildman–Crippen LogP) is 3.91. The highest BCUT2D eigenvalue weighted by molar-refractivity contribution is 6.04. The van der Waals surface area contributed by atoms with Gasteiger partial charge in [-0.25, -0.2) is 9.18 Å². The molecule has 0 aliphatic carbocycles. The van der Waals surface area contributed by atoms with Crippen LogP contribution < -0.4 is 26.6 Å². The van der Waals surface area contributed by atoms with E-state index >= 15 is 4.39 Å². The number of halogens is 1. The second-order valence-electron chi connectivity index (χ2n) is 10.0. The molecule has 1 aliphatic heterocycles. The van der Waals surface area contributed by atoms with Crippen LogP contribution in [0, 0.1) is 19.7 Å². The number of methoxy groups -OCH3 is 1. The van der Waals surface area contributed by atoms with Crippen molar-refractivity contribution in [1.29, 1.82) is 0 Å². The third-order valence-corrected chi connectivity index (χ3v) is 7.52. The summed E-state index contributed by atoms with van der Waals surface area (Å²) in [6.45, 7) is 5.41. The SMILES string of the molecule is COc1cc(-c2cccc(-c3cccc(NC(=O)c4c[nH]c(=O)n(C)c4=O)c3C)c2C)cc(F)c1CNC1COC1. The molecule has 1 amide bonds. The molecular weight excluding hydrogens is 527 g/mol. The Balaban J connectivity index is 1.47. The summed E-state index contributed by atoms with van der Waals surface area (Å²) in [5, 5.41) is 6.08. The lowest BCUT2D eigenvalue weighted by molar-refractivity contribution is -0.00595. The van der Waals surface area contributed by atoms with Crippen LogP contribution in [-0.2, 0) is 18.3 Å². The second-order valence-corrected chi connectivity index (χ2v) is 10.0. The fourth-order valence-electron chi connectivity index (χ4n) is 4.94. The van der Waals surface area contributed by atoms with Gasteiger partial charge in [-0.2, -0.15) is 0 Å². The molecule has 0 atom stereocenters. The summed E-state index contributed by atoms with van der Waals surface area (Å²) < 4.78 is 26.9. The van der Waals surface area contributed by atoms with Crippen molar-refractivity contribution in [3.8, 4) is 28.0 Å². The van der Waals surface area contributed by atoms with Crippen molar-refractivity contribution < 1.29 is 18.7 Å². The van der Waals surface area contributed by atoms with Gasteiger partial charge in [0, 0.05) is 31.0 Å². The van der Waals surface area contributed by atoms with E-state index in [0.717, 1.165) is 38.6 Å². The maximum absolute atomic E-state index is 15.3. The van der Waals surface area contributed by atoms with E-state index in [1.165, 1.54) is 20.2 Å². The summed E-state index contributed by atoms with van der Waals surface area (Å²) in [5.74, 6) is -0.521. The molecule has 10 heteroatoms. The first-order valence-electron chi connectivity index (χ1n) is 13.2. The van der Waals surface area contributed by atoms with E-state index in [4.69, 9.17) is 9.47 Å². The minimum atomic E-state index is -0.690. The molecule has 0 radical (unpaired) electrons. The van der Waals surface area contributed by atoms with Crippen molar-refractivity contribution in [1.82, 2.24) is 14.9 Å². The molecule has 3 aromatic carbocycles. The van der Waals surface area contributed by atoms with Crippen LogP contribution in [0.4, 0.5) is 10.1 Å². The van der Waals surface area contributed by atoms with Crippen LogP contribution in [0.3, 0.4) is 0 Å². The molecule has 41 heavy (non-hydrogen) atoms. The van der Waals surface area contributed by atoms with Gasteiger partial charge in [-0.05, 0) is 65.4 Å². The number of rotatable bonds is 8. The maximum Gasteiger partial charge on any atom is 0.328 e. The fraction of sp³-hybridized carbons (Fsp3) is 0.258. The van der Waals surface area contributed by atoms with Crippen molar-refractivity contribution in [3.05, 3.63) is 104 Å². The zero-order valence-electron chi connectivity index (χ0n) is 23.3. The zero-order valence-corrected chi connectivity index (χ0v) is 23.3. The largest absolute Gasteiger partial charge is 0.496 e. The molecule has 0 saturated carbocycles. The molecule has 0 unspecified atom stereocenters. The van der Waals surface area contributed by atoms with Crippen LogP contribution in [0.1, 0.15) is 27.0 Å². The maximum atomic E-state index is 15.3. The van der Waals surface area contributed by atoms with Crippen LogP contribution in [0.2, 0.25) is 0 Å². The average Bonchev–Trinajstić information content (AvgIpc) is 2.93. The van der Waals surface area contributed by atoms with Crippen LogP contribution in [0.15, 0.2) is 64.3 Å². The number of amides is 1. The van der Waals surface area contributed by atoms with Gasteiger partial charge in [0.15, 0.2) is 0 Å². The van der Waals surface area contributed by atoms with Gasteiger partial charge in [-0.1, -0.05) is 30.3 Å². The summed E-state index contributed by atoms with van der Waals surface area (Å²) in [4.78, 5) is 39.4. The van der Waals surface area contributed by atoms with Gasteiger partial charge in [0.2, 0.25) is 0 Å². The van der Waals surface area contributed by atoms with E-state index in [9.17, 15) is 14.4 Å². The van der Waals surface area contributed by atoms with E-state index < -0.39 is 17.2 Å². The van der Waals surface area contributed by atoms with E-state index in [2.05, 4.69) is 15.6 Å². The van der Waals surface area contributed by atoms with E-state index in [1.807, 2.05) is 50.2 Å². The molecule has 1 aliphatic rings. The van der Waals surface area contributed by atoms with Gasteiger partial charge in [0.05, 0.1) is 26.4 Å². The number of hydrogen-bond donors (Lipinski definition) is 3. The number of ether oxygens (including phenoxy) is 2. The van der Waals surface area contributed by atoms with Crippen molar-refractivity contribution in [2.75, 3.05) is 25.6 Å². The Hall–Kier alpha value is -4.54. The third kappa shape index (κ3) is 5.44. The monoisotopic (exact) mass is 558 g/mol. The molecule has 1 aromatic heterocycles. The van der Waals surface area contributed by atoms with Gasteiger partial charge in [-0.3, -0.25) is 14.2 Å². The molecule has 212 valence electrons. The Morgan fingerprint density at radius 2 is 1.76 bits per heavy atom. The number of benzene rings is 3. The topological polar surface area (TPSA) is 114 Å². The van der Waals surface area contributed by atoms with Crippen molar-refractivity contribution in [2.24, 2.45) is 7.05 Å². The van der Waals surface area contributed by atoms with Crippen LogP contribution in [0.5, 0.6) is 5.75 Å². The molecule has 4 aromatic rings. The summed E-state index contributed by atoms with van der Waals surface area (Å²) in [5.41, 5.74) is 4.53. The molecule has 0 bridgehead atoms. The Labute approximate surface area is 236 Å². The second kappa shape index (κ2) is 11.5. The number of anilines is 1. The molecule has 0 spiro atoms. The molecule has 1 fully saturated rings. The lowest BCUT2D eigenvalue weighted by atomic mass is 9.90. The predicted molar refractivity (Wildman–Crippen MR) is 155 cm³/mol. The smallest absolute Gasteiger partial charge is 0.328 e. The van der Waals surface area contributed by atoms with E-state index in [-0.39, 0.29) is 17.4 Å². The minimum Gasteiger partial charge on any atom is -0.496 e. The van der Waals surface area contributed by atoms with Crippen LogP contribution in [-0.4, -0.2) is 41.8 Å². The number of H-pyrrole nitrogens is 1. The van der Waals surface area contributed by atoms with E-state index in [0.29, 0.717) is 42.3 Å².